The summed E-state index contributed by atoms with van der Waals surface area (Å²) in [6.45, 7) is 0. The van der Waals surface area contributed by atoms with E-state index >= 15 is 0 Å². The van der Waals surface area contributed by atoms with Crippen LogP contribution in [0.25, 0.3) is 0 Å². The SMILES string of the molecule is O=C1CC(c2ccc(Cl)cc2)CC2=C1C(c1ccc(F)cc1)Nc1ccccc1N2. The summed E-state index contributed by atoms with van der Waals surface area (Å²) in [6.07, 6.45) is 1.15. The third-order valence-corrected chi connectivity index (χ3v) is 6.11. The number of allylic oxidation sites excluding steroid dienone is 1. The van der Waals surface area contributed by atoms with Gasteiger partial charge < -0.3 is 10.6 Å². The lowest BCUT2D eigenvalue weighted by Crippen LogP contribution is -2.26. The molecule has 5 heteroatoms. The molecule has 3 aromatic rings. The van der Waals surface area contributed by atoms with E-state index in [-0.39, 0.29) is 23.6 Å². The second-order valence-corrected chi connectivity index (χ2v) is 8.21. The van der Waals surface area contributed by atoms with Crippen LogP contribution in [0.2, 0.25) is 5.02 Å². The van der Waals surface area contributed by atoms with E-state index in [1.165, 1.54) is 12.1 Å². The third kappa shape index (κ3) is 3.48. The Balaban J connectivity index is 1.60. The number of nitrogens with one attached hydrogen (secondary N) is 2. The number of carbonyl (C=O) groups is 1. The van der Waals surface area contributed by atoms with E-state index < -0.39 is 0 Å². The van der Waals surface area contributed by atoms with E-state index in [0.29, 0.717) is 11.4 Å². The van der Waals surface area contributed by atoms with E-state index in [2.05, 4.69) is 10.6 Å². The molecule has 0 bridgehead atoms. The van der Waals surface area contributed by atoms with Crippen LogP contribution in [0.5, 0.6) is 0 Å². The highest BCUT2D eigenvalue weighted by Crippen LogP contribution is 2.44. The molecule has 2 aliphatic rings. The molecule has 0 spiro atoms. The molecule has 0 amide bonds. The van der Waals surface area contributed by atoms with E-state index in [9.17, 15) is 9.18 Å². The van der Waals surface area contributed by atoms with Gasteiger partial charge in [0.25, 0.3) is 0 Å². The van der Waals surface area contributed by atoms with Crippen molar-refractivity contribution in [2.75, 3.05) is 10.6 Å². The molecule has 0 aromatic heterocycles. The predicted molar refractivity (Wildman–Crippen MR) is 118 cm³/mol. The Morgan fingerprint density at radius 1 is 0.833 bits per heavy atom. The molecule has 1 aliphatic carbocycles. The average Bonchev–Trinajstić information content (AvgIpc) is 2.91. The number of Topliss-reactive ketones (excluding diaryl/α,β-unsaturated/α-hetero) is 1. The molecule has 0 radical (unpaired) electrons. The van der Waals surface area contributed by atoms with Gasteiger partial charge in [-0.3, -0.25) is 4.79 Å². The third-order valence-electron chi connectivity index (χ3n) is 5.85. The number of anilines is 2. The number of benzene rings is 3. The fraction of sp³-hybridized carbons (Fsp3) is 0.160. The van der Waals surface area contributed by atoms with Gasteiger partial charge in [-0.05, 0) is 59.9 Å². The number of halogens is 2. The molecule has 1 heterocycles. The molecule has 2 unspecified atom stereocenters. The van der Waals surface area contributed by atoms with Crippen LogP contribution < -0.4 is 10.6 Å². The Kier molecular flexibility index (Phi) is 4.80. The first-order chi connectivity index (χ1) is 14.6. The maximum absolute atomic E-state index is 13.5. The number of para-hydroxylation sites is 2. The minimum absolute atomic E-state index is 0.0835. The minimum Gasteiger partial charge on any atom is -0.372 e. The van der Waals surface area contributed by atoms with Gasteiger partial charge in [0, 0.05) is 22.7 Å². The second-order valence-electron chi connectivity index (χ2n) is 7.77. The highest BCUT2D eigenvalue weighted by Gasteiger charge is 2.36. The largest absolute Gasteiger partial charge is 0.372 e. The smallest absolute Gasteiger partial charge is 0.163 e. The van der Waals surface area contributed by atoms with Crippen LogP contribution in [0.1, 0.15) is 35.9 Å². The van der Waals surface area contributed by atoms with Crippen LogP contribution in [-0.4, -0.2) is 5.78 Å². The zero-order chi connectivity index (χ0) is 20.7. The van der Waals surface area contributed by atoms with Crippen LogP contribution in [0, 0.1) is 5.82 Å². The maximum atomic E-state index is 13.5. The van der Waals surface area contributed by atoms with Crippen molar-refractivity contribution in [3.8, 4) is 0 Å². The monoisotopic (exact) mass is 418 g/mol. The zero-order valence-corrected chi connectivity index (χ0v) is 16.9. The topological polar surface area (TPSA) is 41.1 Å². The van der Waals surface area contributed by atoms with E-state index in [4.69, 9.17) is 11.6 Å². The lowest BCUT2D eigenvalue weighted by molar-refractivity contribution is -0.116. The molecule has 1 aliphatic heterocycles. The molecule has 2 atom stereocenters. The molecule has 0 saturated carbocycles. The van der Waals surface area contributed by atoms with Crippen LogP contribution in [0.3, 0.4) is 0 Å². The zero-order valence-electron chi connectivity index (χ0n) is 16.2. The van der Waals surface area contributed by atoms with Crippen LogP contribution in [0.4, 0.5) is 15.8 Å². The van der Waals surface area contributed by atoms with Gasteiger partial charge in [0.2, 0.25) is 0 Å². The summed E-state index contributed by atoms with van der Waals surface area (Å²) in [7, 11) is 0. The Labute approximate surface area is 179 Å². The first kappa shape index (κ1) is 18.9. The number of hydrogen-bond acceptors (Lipinski definition) is 3. The Hall–Kier alpha value is -3.11. The van der Waals surface area contributed by atoms with Crippen molar-refractivity contribution in [3.05, 3.63) is 106 Å². The van der Waals surface area contributed by atoms with Gasteiger partial charge in [0.05, 0.1) is 17.4 Å². The summed E-state index contributed by atoms with van der Waals surface area (Å²) >= 11 is 6.04. The van der Waals surface area contributed by atoms with Gasteiger partial charge in [-0.25, -0.2) is 4.39 Å². The fourth-order valence-corrected chi connectivity index (χ4v) is 4.49. The molecular formula is C25H20ClFN2O. The standard InChI is InChI=1S/C25H20ClFN2O/c26-18-9-5-15(6-10-18)17-13-22-24(23(30)14-17)25(16-7-11-19(27)12-8-16)29-21-4-2-1-3-20(21)28-22/h1-12,17,25,28-29H,13-14H2. The van der Waals surface area contributed by atoms with Gasteiger partial charge in [-0.15, -0.1) is 0 Å². The number of ketones is 1. The molecule has 30 heavy (non-hydrogen) atoms. The van der Waals surface area contributed by atoms with Crippen LogP contribution in [-0.2, 0) is 4.79 Å². The molecular weight excluding hydrogens is 399 g/mol. The highest BCUT2D eigenvalue weighted by molar-refractivity contribution is 6.30. The van der Waals surface area contributed by atoms with Gasteiger partial charge in [-0.2, -0.15) is 0 Å². The molecule has 5 rings (SSSR count). The normalized spacial score (nSPS) is 20.5. The van der Waals surface area contributed by atoms with Crippen molar-refractivity contribution in [2.24, 2.45) is 0 Å². The number of fused-ring (bicyclic) bond motifs is 1. The summed E-state index contributed by atoms with van der Waals surface area (Å²) in [4.78, 5) is 13.4. The van der Waals surface area contributed by atoms with Gasteiger partial charge in [0.1, 0.15) is 5.82 Å². The maximum Gasteiger partial charge on any atom is 0.163 e. The molecule has 0 fully saturated rings. The van der Waals surface area contributed by atoms with E-state index in [1.54, 1.807) is 12.1 Å². The Morgan fingerprint density at radius 2 is 1.50 bits per heavy atom. The molecule has 3 aromatic carbocycles. The lowest BCUT2D eigenvalue weighted by Gasteiger charge is -2.30. The van der Waals surface area contributed by atoms with Gasteiger partial charge in [-0.1, -0.05) is 48.0 Å². The van der Waals surface area contributed by atoms with Crippen LogP contribution in [0.15, 0.2) is 84.1 Å². The van der Waals surface area contributed by atoms with Crippen LogP contribution >= 0.6 is 11.6 Å². The number of hydrogen-bond donors (Lipinski definition) is 2. The molecule has 150 valence electrons. The first-order valence-corrected chi connectivity index (χ1v) is 10.4. The van der Waals surface area contributed by atoms with E-state index in [1.807, 2.05) is 48.5 Å². The Morgan fingerprint density at radius 3 is 2.23 bits per heavy atom. The van der Waals surface area contributed by atoms with Crippen molar-refractivity contribution in [1.29, 1.82) is 0 Å². The second kappa shape index (κ2) is 7.62. The van der Waals surface area contributed by atoms with Crippen molar-refractivity contribution in [1.82, 2.24) is 0 Å². The average molecular weight is 419 g/mol. The van der Waals surface area contributed by atoms with Gasteiger partial charge >= 0.3 is 0 Å². The van der Waals surface area contributed by atoms with Gasteiger partial charge in [0.15, 0.2) is 5.78 Å². The highest BCUT2D eigenvalue weighted by atomic mass is 35.5. The molecule has 3 nitrogen and oxygen atoms in total. The number of carbonyl (C=O) groups excluding carboxylic acids is 1. The first-order valence-electron chi connectivity index (χ1n) is 9.98. The summed E-state index contributed by atoms with van der Waals surface area (Å²) in [5, 5.41) is 7.70. The quantitative estimate of drug-likeness (QED) is 0.501. The summed E-state index contributed by atoms with van der Waals surface area (Å²) < 4.78 is 13.5. The fourth-order valence-electron chi connectivity index (χ4n) is 4.37. The van der Waals surface area contributed by atoms with Crippen molar-refractivity contribution < 1.29 is 9.18 Å². The van der Waals surface area contributed by atoms with E-state index in [0.717, 1.165) is 40.2 Å². The molecule has 2 N–H and O–H groups in total. The summed E-state index contributed by atoms with van der Waals surface area (Å²) in [5.74, 6) is -0.114. The van der Waals surface area contributed by atoms with Crippen molar-refractivity contribution in [3.63, 3.8) is 0 Å². The predicted octanol–water partition coefficient (Wildman–Crippen LogP) is 6.46. The lowest BCUT2D eigenvalue weighted by atomic mass is 9.78. The number of rotatable bonds is 2. The summed E-state index contributed by atoms with van der Waals surface area (Å²) in [6, 6.07) is 21.6. The van der Waals surface area contributed by atoms with Crippen molar-refractivity contribution >= 4 is 28.8 Å². The van der Waals surface area contributed by atoms with Crippen molar-refractivity contribution in [2.45, 2.75) is 24.8 Å². The Bertz CT molecular complexity index is 1140. The minimum atomic E-state index is -0.338. The molecule has 0 saturated heterocycles. The summed E-state index contributed by atoms with van der Waals surface area (Å²) in [5.41, 5.74) is 5.45.